The summed E-state index contributed by atoms with van der Waals surface area (Å²) in [7, 11) is 3.10. The van der Waals surface area contributed by atoms with Crippen LogP contribution in [0.25, 0.3) is 0 Å². The number of carbonyl (C=O) groups is 1. The van der Waals surface area contributed by atoms with Gasteiger partial charge in [0.15, 0.2) is 0 Å². The zero-order valence-corrected chi connectivity index (χ0v) is 14.2. The second-order valence-corrected chi connectivity index (χ2v) is 5.62. The molecule has 3 nitrogen and oxygen atoms in total. The maximum absolute atomic E-state index is 13.1. The fourth-order valence-electron chi connectivity index (χ4n) is 2.73. The molecule has 0 aromatic heterocycles. The number of ketones is 1. The van der Waals surface area contributed by atoms with E-state index in [-0.39, 0.29) is 5.78 Å². The first-order chi connectivity index (χ1) is 10.4. The van der Waals surface area contributed by atoms with E-state index in [9.17, 15) is 4.79 Å². The van der Waals surface area contributed by atoms with E-state index >= 15 is 0 Å². The van der Waals surface area contributed by atoms with E-state index in [0.717, 1.165) is 16.7 Å². The Bertz CT molecular complexity index is 687. The van der Waals surface area contributed by atoms with Gasteiger partial charge in [-0.05, 0) is 49.6 Å². The second-order valence-electron chi connectivity index (χ2n) is 5.21. The van der Waals surface area contributed by atoms with Gasteiger partial charge in [-0.15, -0.1) is 0 Å². The first-order valence-corrected chi connectivity index (χ1v) is 7.32. The SMILES string of the molecule is COc1c(C)cc(C)c(OC)c1C(=O)c1c(C)cccc1Cl. The first-order valence-electron chi connectivity index (χ1n) is 6.94. The minimum atomic E-state index is -0.191. The smallest absolute Gasteiger partial charge is 0.202 e. The van der Waals surface area contributed by atoms with Gasteiger partial charge in [0, 0.05) is 5.56 Å². The molecule has 0 spiro atoms. The molecule has 0 aliphatic carbocycles. The van der Waals surface area contributed by atoms with Crippen LogP contribution in [0, 0.1) is 20.8 Å². The maximum Gasteiger partial charge on any atom is 0.202 e. The summed E-state index contributed by atoms with van der Waals surface area (Å²) in [6.07, 6.45) is 0. The Hall–Kier alpha value is -2.00. The number of rotatable bonds is 4. The Morgan fingerprint density at radius 1 is 0.909 bits per heavy atom. The molecule has 0 saturated heterocycles. The Balaban J connectivity index is 2.78. The molecule has 0 heterocycles. The number of ether oxygens (including phenoxy) is 2. The fraction of sp³-hybridized carbons (Fsp3) is 0.278. The first kappa shape index (κ1) is 16.4. The van der Waals surface area contributed by atoms with Crippen molar-refractivity contribution in [3.63, 3.8) is 0 Å². The number of benzene rings is 2. The number of hydrogen-bond acceptors (Lipinski definition) is 3. The summed E-state index contributed by atoms with van der Waals surface area (Å²) in [5.74, 6) is 0.849. The van der Waals surface area contributed by atoms with Crippen molar-refractivity contribution in [2.75, 3.05) is 14.2 Å². The third-order valence-corrected chi connectivity index (χ3v) is 4.00. The van der Waals surface area contributed by atoms with Crippen LogP contribution in [0.2, 0.25) is 5.02 Å². The maximum atomic E-state index is 13.1. The molecule has 4 heteroatoms. The van der Waals surface area contributed by atoms with Crippen molar-refractivity contribution in [1.29, 1.82) is 0 Å². The standard InChI is InChI=1S/C18H19ClO3/c1-10-7-6-8-13(19)14(10)16(20)15-17(21-4)11(2)9-12(3)18(15)22-5/h6-9H,1-5H3. The number of methoxy groups -OCH3 is 2. The third-order valence-electron chi connectivity index (χ3n) is 3.69. The lowest BCUT2D eigenvalue weighted by molar-refractivity contribution is 0.103. The highest BCUT2D eigenvalue weighted by Crippen LogP contribution is 2.38. The van der Waals surface area contributed by atoms with Crippen LogP contribution in [0.1, 0.15) is 32.6 Å². The predicted molar refractivity (Wildman–Crippen MR) is 88.6 cm³/mol. The third kappa shape index (κ3) is 2.69. The summed E-state index contributed by atoms with van der Waals surface area (Å²) in [6, 6.07) is 7.34. The zero-order chi connectivity index (χ0) is 16.4. The lowest BCUT2D eigenvalue weighted by Crippen LogP contribution is -2.11. The molecular formula is C18H19ClO3. The van der Waals surface area contributed by atoms with Gasteiger partial charge in [0.05, 0.1) is 19.2 Å². The summed E-state index contributed by atoms with van der Waals surface area (Å²) < 4.78 is 10.9. The largest absolute Gasteiger partial charge is 0.496 e. The van der Waals surface area contributed by atoms with Crippen LogP contribution >= 0.6 is 11.6 Å². The molecule has 0 fully saturated rings. The van der Waals surface area contributed by atoms with Gasteiger partial charge >= 0.3 is 0 Å². The monoisotopic (exact) mass is 318 g/mol. The van der Waals surface area contributed by atoms with Gasteiger partial charge in [-0.1, -0.05) is 23.7 Å². The van der Waals surface area contributed by atoms with Crippen molar-refractivity contribution >= 4 is 17.4 Å². The number of halogens is 1. The highest BCUT2D eigenvalue weighted by molar-refractivity contribution is 6.35. The zero-order valence-electron chi connectivity index (χ0n) is 13.4. The van der Waals surface area contributed by atoms with Crippen LogP contribution in [0.3, 0.4) is 0 Å². The van der Waals surface area contributed by atoms with Crippen molar-refractivity contribution in [3.8, 4) is 11.5 Å². The Morgan fingerprint density at radius 2 is 1.45 bits per heavy atom. The van der Waals surface area contributed by atoms with Gasteiger partial charge in [-0.2, -0.15) is 0 Å². The Kier molecular flexibility index (Phi) is 4.77. The molecule has 2 aromatic carbocycles. The molecule has 116 valence electrons. The van der Waals surface area contributed by atoms with Crippen LogP contribution in [0.15, 0.2) is 24.3 Å². The van der Waals surface area contributed by atoms with Crippen LogP contribution in [-0.4, -0.2) is 20.0 Å². The molecular weight excluding hydrogens is 300 g/mol. The molecule has 0 unspecified atom stereocenters. The van der Waals surface area contributed by atoms with Crippen LogP contribution in [-0.2, 0) is 0 Å². The van der Waals surface area contributed by atoms with Gasteiger partial charge in [0.2, 0.25) is 5.78 Å². The van der Waals surface area contributed by atoms with E-state index in [1.54, 1.807) is 20.3 Å². The summed E-state index contributed by atoms with van der Waals surface area (Å²) in [5.41, 5.74) is 3.48. The van der Waals surface area contributed by atoms with Crippen LogP contribution in [0.4, 0.5) is 0 Å². The topological polar surface area (TPSA) is 35.5 Å². The highest BCUT2D eigenvalue weighted by Gasteiger charge is 2.26. The van der Waals surface area contributed by atoms with E-state index < -0.39 is 0 Å². The Labute approximate surface area is 135 Å². The van der Waals surface area contributed by atoms with Crippen molar-refractivity contribution in [2.45, 2.75) is 20.8 Å². The van der Waals surface area contributed by atoms with Crippen molar-refractivity contribution < 1.29 is 14.3 Å². The van der Waals surface area contributed by atoms with Gasteiger partial charge in [0.25, 0.3) is 0 Å². The van der Waals surface area contributed by atoms with Gasteiger partial charge in [0.1, 0.15) is 17.1 Å². The molecule has 0 aliphatic heterocycles. The number of aryl methyl sites for hydroxylation is 3. The quantitative estimate of drug-likeness (QED) is 0.778. The van der Waals surface area contributed by atoms with Gasteiger partial charge in [-0.3, -0.25) is 4.79 Å². The predicted octanol–water partition coefficient (Wildman–Crippen LogP) is 4.51. The number of hydrogen-bond donors (Lipinski definition) is 0. The van der Waals surface area contributed by atoms with Crippen molar-refractivity contribution in [1.82, 2.24) is 0 Å². The van der Waals surface area contributed by atoms with Crippen LogP contribution < -0.4 is 9.47 Å². The lowest BCUT2D eigenvalue weighted by Gasteiger charge is -2.18. The summed E-state index contributed by atoms with van der Waals surface area (Å²) in [5, 5.41) is 0.424. The number of carbonyl (C=O) groups excluding carboxylic acids is 1. The normalized spacial score (nSPS) is 10.5. The molecule has 2 aromatic rings. The molecule has 0 radical (unpaired) electrons. The minimum absolute atomic E-state index is 0.191. The average Bonchev–Trinajstić information content (AvgIpc) is 2.46. The molecule has 0 saturated carbocycles. The average molecular weight is 319 g/mol. The summed E-state index contributed by atoms with van der Waals surface area (Å²) in [4.78, 5) is 13.1. The fourth-order valence-corrected chi connectivity index (χ4v) is 3.04. The van der Waals surface area contributed by atoms with Gasteiger partial charge < -0.3 is 9.47 Å². The second kappa shape index (κ2) is 6.41. The Morgan fingerprint density at radius 3 is 1.91 bits per heavy atom. The highest BCUT2D eigenvalue weighted by atomic mass is 35.5. The van der Waals surface area contributed by atoms with E-state index in [0.29, 0.717) is 27.6 Å². The molecule has 0 bridgehead atoms. The summed E-state index contributed by atoms with van der Waals surface area (Å²) in [6.45, 7) is 5.67. The van der Waals surface area contributed by atoms with Gasteiger partial charge in [-0.25, -0.2) is 0 Å². The van der Waals surface area contributed by atoms with Crippen molar-refractivity contribution in [2.24, 2.45) is 0 Å². The molecule has 0 atom stereocenters. The van der Waals surface area contributed by atoms with E-state index in [4.69, 9.17) is 21.1 Å². The molecule has 0 N–H and O–H groups in total. The van der Waals surface area contributed by atoms with E-state index in [1.807, 2.05) is 39.0 Å². The molecule has 0 amide bonds. The lowest BCUT2D eigenvalue weighted by atomic mass is 9.94. The van der Waals surface area contributed by atoms with E-state index in [2.05, 4.69) is 0 Å². The molecule has 2 rings (SSSR count). The van der Waals surface area contributed by atoms with Crippen molar-refractivity contribution in [3.05, 3.63) is 57.1 Å². The van der Waals surface area contributed by atoms with Crippen LogP contribution in [0.5, 0.6) is 11.5 Å². The molecule has 22 heavy (non-hydrogen) atoms. The summed E-state index contributed by atoms with van der Waals surface area (Å²) >= 11 is 6.24. The van der Waals surface area contributed by atoms with E-state index in [1.165, 1.54) is 0 Å². The minimum Gasteiger partial charge on any atom is -0.496 e. The molecule has 0 aliphatic rings.